The first-order valence-electron chi connectivity index (χ1n) is 8.73. The topological polar surface area (TPSA) is 50.9 Å². The summed E-state index contributed by atoms with van der Waals surface area (Å²) in [5.41, 5.74) is 3.17. The first-order chi connectivity index (χ1) is 11.4. The Morgan fingerprint density at radius 1 is 1.13 bits per heavy atom. The van der Waals surface area contributed by atoms with Crippen LogP contribution >= 0.6 is 0 Å². The van der Waals surface area contributed by atoms with Crippen LogP contribution in [0.2, 0.25) is 0 Å². The highest BCUT2D eigenvalue weighted by molar-refractivity contribution is 6.02. The molecule has 0 bridgehead atoms. The number of benzene rings is 1. The van der Waals surface area contributed by atoms with Crippen LogP contribution in [0.1, 0.15) is 50.3 Å². The molecule has 4 rings (SSSR count). The fourth-order valence-corrected chi connectivity index (χ4v) is 3.87. The van der Waals surface area contributed by atoms with Crippen molar-refractivity contribution in [1.29, 1.82) is 0 Å². The number of pyridine rings is 1. The molecule has 0 spiro atoms. The first kappa shape index (κ1) is 14.6. The highest BCUT2D eigenvalue weighted by Gasteiger charge is 2.23. The van der Waals surface area contributed by atoms with Gasteiger partial charge in [0.05, 0.1) is 22.7 Å². The van der Waals surface area contributed by atoms with Gasteiger partial charge in [-0.2, -0.15) is 0 Å². The average Bonchev–Trinajstić information content (AvgIpc) is 2.99. The molecule has 0 radical (unpaired) electrons. The second-order valence-electron chi connectivity index (χ2n) is 6.54. The van der Waals surface area contributed by atoms with Gasteiger partial charge in [-0.15, -0.1) is 0 Å². The van der Waals surface area contributed by atoms with E-state index in [4.69, 9.17) is 4.98 Å². The van der Waals surface area contributed by atoms with Crippen LogP contribution in [0.25, 0.3) is 21.9 Å². The van der Waals surface area contributed by atoms with Gasteiger partial charge in [0.25, 0.3) is 0 Å². The number of fused-ring (bicyclic) bond motifs is 3. The summed E-state index contributed by atoms with van der Waals surface area (Å²) in [7, 11) is 0. The van der Waals surface area contributed by atoms with Gasteiger partial charge in [-0.25, -0.2) is 4.98 Å². The summed E-state index contributed by atoms with van der Waals surface area (Å²) in [5, 5.41) is 10.4. The molecule has 3 aromatic rings. The van der Waals surface area contributed by atoms with Crippen molar-refractivity contribution in [1.82, 2.24) is 14.5 Å². The average molecular weight is 309 g/mol. The number of aliphatic hydroxyl groups is 1. The normalized spacial score (nSPS) is 16.4. The lowest BCUT2D eigenvalue weighted by molar-refractivity contribution is 0.278. The van der Waals surface area contributed by atoms with Gasteiger partial charge in [0.2, 0.25) is 0 Å². The lowest BCUT2D eigenvalue weighted by Gasteiger charge is -2.22. The van der Waals surface area contributed by atoms with Gasteiger partial charge in [0.15, 0.2) is 0 Å². The maximum atomic E-state index is 9.26. The summed E-state index contributed by atoms with van der Waals surface area (Å²) in [6, 6.07) is 8.23. The lowest BCUT2D eigenvalue weighted by Crippen LogP contribution is -2.13. The molecule has 4 heteroatoms. The van der Waals surface area contributed by atoms with Gasteiger partial charge >= 0.3 is 0 Å². The van der Waals surface area contributed by atoms with Crippen molar-refractivity contribution in [2.75, 3.05) is 6.61 Å². The summed E-state index contributed by atoms with van der Waals surface area (Å²) < 4.78 is 2.31. The van der Waals surface area contributed by atoms with Crippen molar-refractivity contribution in [3.63, 3.8) is 0 Å². The molecule has 1 N–H and O–H groups in total. The Bertz CT molecular complexity index is 818. The van der Waals surface area contributed by atoms with Crippen LogP contribution in [-0.4, -0.2) is 26.2 Å². The van der Waals surface area contributed by atoms with Crippen molar-refractivity contribution in [2.24, 2.45) is 0 Å². The predicted molar refractivity (Wildman–Crippen MR) is 92.6 cm³/mol. The van der Waals surface area contributed by atoms with Gasteiger partial charge in [0, 0.05) is 24.5 Å². The van der Waals surface area contributed by atoms with Crippen molar-refractivity contribution < 1.29 is 5.11 Å². The molecule has 1 fully saturated rings. The molecular formula is C19H23N3O. The van der Waals surface area contributed by atoms with E-state index in [0.717, 1.165) is 34.9 Å². The maximum absolute atomic E-state index is 9.26. The molecule has 1 aliphatic carbocycles. The molecule has 23 heavy (non-hydrogen) atoms. The minimum absolute atomic E-state index is 0.213. The van der Waals surface area contributed by atoms with Crippen molar-refractivity contribution in [3.05, 3.63) is 36.3 Å². The zero-order chi connectivity index (χ0) is 15.6. The molecule has 2 heterocycles. The van der Waals surface area contributed by atoms with Crippen LogP contribution in [0.3, 0.4) is 0 Å². The van der Waals surface area contributed by atoms with Crippen LogP contribution in [0, 0.1) is 0 Å². The third kappa shape index (κ3) is 2.61. The van der Waals surface area contributed by atoms with Gasteiger partial charge < -0.3 is 9.67 Å². The van der Waals surface area contributed by atoms with Gasteiger partial charge in [-0.1, -0.05) is 37.5 Å². The molecule has 0 amide bonds. The Morgan fingerprint density at radius 2 is 1.96 bits per heavy atom. The van der Waals surface area contributed by atoms with E-state index in [0.29, 0.717) is 5.92 Å². The van der Waals surface area contributed by atoms with E-state index in [1.165, 1.54) is 37.9 Å². The van der Waals surface area contributed by atoms with Crippen molar-refractivity contribution >= 4 is 21.9 Å². The number of aromatic nitrogens is 3. The number of aliphatic hydroxyl groups excluding tert-OH is 1. The number of rotatable bonds is 4. The minimum Gasteiger partial charge on any atom is -0.396 e. The van der Waals surface area contributed by atoms with Gasteiger partial charge in [-0.05, 0) is 25.3 Å². The Hall–Kier alpha value is -1.94. The molecule has 1 aliphatic rings. The van der Waals surface area contributed by atoms with Crippen molar-refractivity contribution in [2.45, 2.75) is 51.0 Å². The molecule has 4 nitrogen and oxygen atoms in total. The van der Waals surface area contributed by atoms with E-state index in [9.17, 15) is 5.11 Å². The quantitative estimate of drug-likeness (QED) is 0.792. The summed E-state index contributed by atoms with van der Waals surface area (Å²) in [6.45, 7) is 1.03. The Kier molecular flexibility index (Phi) is 4.00. The van der Waals surface area contributed by atoms with E-state index < -0.39 is 0 Å². The number of aryl methyl sites for hydroxylation is 1. The number of imidazole rings is 1. The molecule has 0 unspecified atom stereocenters. The zero-order valence-corrected chi connectivity index (χ0v) is 13.4. The highest BCUT2D eigenvalue weighted by Crippen LogP contribution is 2.35. The second kappa shape index (κ2) is 6.28. The summed E-state index contributed by atoms with van der Waals surface area (Å²) in [4.78, 5) is 9.67. The Morgan fingerprint density at radius 3 is 2.78 bits per heavy atom. The molecular weight excluding hydrogens is 286 g/mol. The number of hydrogen-bond acceptors (Lipinski definition) is 3. The number of para-hydroxylation sites is 1. The Labute approximate surface area is 136 Å². The second-order valence-corrected chi connectivity index (χ2v) is 6.54. The molecule has 0 atom stereocenters. The fraction of sp³-hybridized carbons (Fsp3) is 0.474. The molecule has 120 valence electrons. The van der Waals surface area contributed by atoms with E-state index in [1.54, 1.807) is 0 Å². The maximum Gasteiger partial charge on any atom is 0.113 e. The van der Waals surface area contributed by atoms with E-state index in [2.05, 4.69) is 21.7 Å². The van der Waals surface area contributed by atoms with Crippen LogP contribution in [0.15, 0.2) is 30.5 Å². The third-order valence-corrected chi connectivity index (χ3v) is 5.03. The third-order valence-electron chi connectivity index (χ3n) is 5.03. The molecule has 0 saturated heterocycles. The van der Waals surface area contributed by atoms with E-state index in [1.807, 2.05) is 18.3 Å². The standard InChI is InChI=1S/C19H23N3O/c23-12-6-11-22-17-13-20-16-10-5-4-9-15(16)18(17)21-19(22)14-7-2-1-3-8-14/h4-5,9-10,13-14,23H,1-3,6-8,11-12H2. The summed E-state index contributed by atoms with van der Waals surface area (Å²) >= 11 is 0. The first-order valence-corrected chi connectivity index (χ1v) is 8.73. The highest BCUT2D eigenvalue weighted by atomic mass is 16.3. The number of nitrogens with zero attached hydrogens (tertiary/aromatic N) is 3. The fourth-order valence-electron chi connectivity index (χ4n) is 3.87. The monoisotopic (exact) mass is 309 g/mol. The zero-order valence-electron chi connectivity index (χ0n) is 13.4. The van der Waals surface area contributed by atoms with Gasteiger partial charge in [-0.3, -0.25) is 4.98 Å². The molecule has 1 aromatic carbocycles. The molecule has 2 aromatic heterocycles. The summed E-state index contributed by atoms with van der Waals surface area (Å²) in [5.74, 6) is 1.75. The molecule has 0 aliphatic heterocycles. The van der Waals surface area contributed by atoms with Crippen LogP contribution in [0.5, 0.6) is 0 Å². The smallest absolute Gasteiger partial charge is 0.113 e. The summed E-state index contributed by atoms with van der Waals surface area (Å²) in [6.07, 6.45) is 9.12. The molecule has 1 saturated carbocycles. The number of hydrogen-bond donors (Lipinski definition) is 1. The largest absolute Gasteiger partial charge is 0.396 e. The SMILES string of the molecule is OCCCn1c(C2CCCCC2)nc2c3ccccc3ncc21. The van der Waals surface area contributed by atoms with E-state index in [-0.39, 0.29) is 6.61 Å². The van der Waals surface area contributed by atoms with Crippen LogP contribution < -0.4 is 0 Å². The predicted octanol–water partition coefficient (Wildman–Crippen LogP) is 4.01. The lowest BCUT2D eigenvalue weighted by atomic mass is 9.88. The van der Waals surface area contributed by atoms with Gasteiger partial charge in [0.1, 0.15) is 5.82 Å². The van der Waals surface area contributed by atoms with E-state index >= 15 is 0 Å². The van der Waals surface area contributed by atoms with Crippen LogP contribution in [0.4, 0.5) is 0 Å². The van der Waals surface area contributed by atoms with Crippen molar-refractivity contribution in [3.8, 4) is 0 Å². The van der Waals surface area contributed by atoms with Crippen LogP contribution in [-0.2, 0) is 6.54 Å². The minimum atomic E-state index is 0.213. The Balaban J connectivity index is 1.90.